The number of nitrogens with zero attached hydrogens (tertiary/aromatic N) is 3. The predicted octanol–water partition coefficient (Wildman–Crippen LogP) is 11.3. The lowest BCUT2D eigenvalue weighted by molar-refractivity contribution is -0.134. The first-order valence-electron chi connectivity index (χ1n) is 22.2. The maximum atomic E-state index is 16.5. The third-order valence-electron chi connectivity index (χ3n) is 10.6. The number of likely N-dealkylation sites (N-methyl/N-ethyl adjacent to an activating group) is 2. The number of fused-ring (bicyclic) bond motifs is 5. The number of benzene rings is 2. The minimum Gasteiger partial charge on any atom is -0.464 e. The lowest BCUT2D eigenvalue weighted by atomic mass is 9.78. The maximum absolute atomic E-state index is 16.5. The molecule has 0 aliphatic carbocycles. The third-order valence-corrected chi connectivity index (χ3v) is 11.9. The van der Waals surface area contributed by atoms with E-state index in [9.17, 15) is 4.79 Å². The third kappa shape index (κ3) is 12.0. The molecule has 4 heterocycles. The topological polar surface area (TPSA) is 89.4 Å². The average molecular weight is 860 g/mol. The molecule has 2 aromatic heterocycles. The quantitative estimate of drug-likeness (QED) is 0.0791. The van der Waals surface area contributed by atoms with Gasteiger partial charge in [-0.1, -0.05) is 80.5 Å². The van der Waals surface area contributed by atoms with Crippen molar-refractivity contribution in [3.63, 3.8) is 0 Å². The summed E-state index contributed by atoms with van der Waals surface area (Å²) in [5.74, 6) is 0.217. The van der Waals surface area contributed by atoms with Crippen LogP contribution in [0.5, 0.6) is 5.75 Å². The van der Waals surface area contributed by atoms with Crippen LogP contribution in [0, 0.1) is 11.7 Å². The van der Waals surface area contributed by atoms with Crippen LogP contribution in [0.4, 0.5) is 4.39 Å². The van der Waals surface area contributed by atoms with Gasteiger partial charge in [0, 0.05) is 41.7 Å². The van der Waals surface area contributed by atoms with Crippen LogP contribution in [0.1, 0.15) is 125 Å². The summed E-state index contributed by atoms with van der Waals surface area (Å²) >= 11 is 1.70. The van der Waals surface area contributed by atoms with E-state index in [0.29, 0.717) is 42.2 Å². The van der Waals surface area contributed by atoms with Crippen LogP contribution in [-0.2, 0) is 20.5 Å². The Morgan fingerprint density at radius 2 is 1.64 bits per heavy atom. The van der Waals surface area contributed by atoms with Crippen molar-refractivity contribution in [3.8, 4) is 17.0 Å². The second-order valence-electron chi connectivity index (χ2n) is 15.3. The zero-order chi connectivity index (χ0) is 46.2. The van der Waals surface area contributed by atoms with Crippen LogP contribution in [0.3, 0.4) is 0 Å². The number of amides is 1. The normalized spacial score (nSPS) is 16.1. The van der Waals surface area contributed by atoms with Crippen molar-refractivity contribution in [3.05, 3.63) is 88.5 Å². The molecule has 2 N–H and O–H groups in total. The fourth-order valence-corrected chi connectivity index (χ4v) is 7.96. The maximum Gasteiger partial charge on any atom is 0.494 e. The highest BCUT2D eigenvalue weighted by atomic mass is 32.1. The Kier molecular flexibility index (Phi) is 21.2. The molecule has 61 heavy (non-hydrogen) atoms. The summed E-state index contributed by atoms with van der Waals surface area (Å²) in [5.41, 5.74) is 3.15. The summed E-state index contributed by atoms with van der Waals surface area (Å²) in [6, 6.07) is 15.5. The van der Waals surface area contributed by atoms with E-state index >= 15 is 4.39 Å². The van der Waals surface area contributed by atoms with E-state index in [1.54, 1.807) is 23.6 Å². The molecule has 1 fully saturated rings. The van der Waals surface area contributed by atoms with Gasteiger partial charge in [-0.15, -0.1) is 17.9 Å². The van der Waals surface area contributed by atoms with Gasteiger partial charge in [0.1, 0.15) is 11.6 Å². The highest BCUT2D eigenvalue weighted by Crippen LogP contribution is 2.47. The summed E-state index contributed by atoms with van der Waals surface area (Å²) in [6.45, 7) is 38.7. The number of ether oxygens (including phenoxy) is 1. The number of thiophene rings is 1. The van der Waals surface area contributed by atoms with E-state index in [-0.39, 0.29) is 17.9 Å². The van der Waals surface area contributed by atoms with Crippen LogP contribution in [-0.4, -0.2) is 73.1 Å². The first-order chi connectivity index (χ1) is 29.1. The number of aliphatic imine (C=N–C) groups is 1. The average Bonchev–Trinajstić information content (AvgIpc) is 3.94. The van der Waals surface area contributed by atoms with Crippen molar-refractivity contribution in [2.24, 2.45) is 10.9 Å². The Bertz CT molecular complexity index is 2040. The van der Waals surface area contributed by atoms with Gasteiger partial charge < -0.3 is 29.6 Å². The van der Waals surface area contributed by atoms with E-state index in [2.05, 4.69) is 58.6 Å². The van der Waals surface area contributed by atoms with Crippen molar-refractivity contribution in [1.29, 1.82) is 0 Å². The Morgan fingerprint density at radius 3 is 2.16 bits per heavy atom. The summed E-state index contributed by atoms with van der Waals surface area (Å²) in [5, 5.41) is 7.45. The van der Waals surface area contributed by atoms with E-state index in [0.717, 1.165) is 33.4 Å². The summed E-state index contributed by atoms with van der Waals surface area (Å²) in [6.07, 6.45) is 3.72. The van der Waals surface area contributed by atoms with Crippen molar-refractivity contribution >= 4 is 53.1 Å². The molecule has 4 aromatic rings. The molecule has 12 heteroatoms. The molecule has 9 nitrogen and oxygen atoms in total. The van der Waals surface area contributed by atoms with Crippen LogP contribution in [0.2, 0.25) is 0 Å². The molecular formula is C49H75BFN5O4S. The van der Waals surface area contributed by atoms with Gasteiger partial charge in [-0.3, -0.25) is 14.4 Å². The van der Waals surface area contributed by atoms with Crippen LogP contribution in [0.15, 0.2) is 72.4 Å². The Balaban J connectivity index is 0.00000133. The fourth-order valence-electron chi connectivity index (χ4n) is 6.98. The van der Waals surface area contributed by atoms with Gasteiger partial charge in [0.2, 0.25) is 12.1 Å². The standard InChI is InChI=1S/C40H51BFN5O4S.C3H6.3C2H6/c1-11-28-14-16-34(52-28)38-47-31-15-13-27(41-50-39(5,6)40(7,8)51-41)19-26(31)21-32(47)35-29(42)20-25(22-33(35)49-38)30(23-43-9)45-17-18-46(12-2)37(48)36(44-10)24(3)4;1-3-2;3*1-2/h13-16,19-24,36,38,44-45H,9,11-12,17-18H2,1-8,10H3;3H,1H2,2H3;3*1-2H3/b30-23-;;;;. The molecule has 0 saturated carbocycles. The Hall–Kier alpha value is -4.23. The Labute approximate surface area is 372 Å². The molecule has 1 saturated heterocycles. The number of halogens is 1. The number of nitrogens with one attached hydrogen (secondary N) is 2. The van der Waals surface area contributed by atoms with Gasteiger partial charge in [-0.25, -0.2) is 4.39 Å². The van der Waals surface area contributed by atoms with Gasteiger partial charge in [0.25, 0.3) is 0 Å². The second kappa shape index (κ2) is 24.4. The molecule has 6 rings (SSSR count). The van der Waals surface area contributed by atoms with Crippen LogP contribution < -0.4 is 20.8 Å². The summed E-state index contributed by atoms with van der Waals surface area (Å²) < 4.78 is 38.1. The smallest absolute Gasteiger partial charge is 0.464 e. The number of allylic oxidation sites excluding steroid dienone is 1. The van der Waals surface area contributed by atoms with Gasteiger partial charge in [0.05, 0.1) is 44.6 Å². The van der Waals surface area contributed by atoms with Crippen molar-refractivity contribution in [2.75, 3.05) is 26.7 Å². The molecule has 2 aliphatic rings. The second-order valence-corrected chi connectivity index (χ2v) is 16.5. The molecule has 2 aliphatic heterocycles. The van der Waals surface area contributed by atoms with Crippen LogP contribution in [0.25, 0.3) is 27.9 Å². The van der Waals surface area contributed by atoms with Crippen molar-refractivity contribution in [2.45, 2.75) is 134 Å². The minimum absolute atomic E-state index is 0.0479. The molecule has 2 aromatic carbocycles. The van der Waals surface area contributed by atoms with Crippen molar-refractivity contribution in [1.82, 2.24) is 20.1 Å². The number of carbonyl (C=O) groups is 1. The Morgan fingerprint density at radius 1 is 1.02 bits per heavy atom. The van der Waals surface area contributed by atoms with Crippen molar-refractivity contribution < 1.29 is 23.2 Å². The molecule has 2 atom stereocenters. The van der Waals surface area contributed by atoms with Gasteiger partial charge in [-0.05, 0) is 110 Å². The van der Waals surface area contributed by atoms with Gasteiger partial charge in [-0.2, -0.15) is 0 Å². The first kappa shape index (κ1) is 52.9. The monoisotopic (exact) mass is 860 g/mol. The van der Waals surface area contributed by atoms with E-state index in [4.69, 9.17) is 14.0 Å². The highest BCUT2D eigenvalue weighted by Gasteiger charge is 2.51. The summed E-state index contributed by atoms with van der Waals surface area (Å²) in [7, 11) is 1.29. The zero-order valence-corrected chi connectivity index (χ0v) is 40.9. The molecule has 0 bridgehead atoms. The number of rotatable bonds is 13. The highest BCUT2D eigenvalue weighted by molar-refractivity contribution is 7.12. The zero-order valence-electron chi connectivity index (χ0n) is 40.1. The van der Waals surface area contributed by atoms with E-state index in [1.807, 2.05) is 133 Å². The molecule has 1 amide bonds. The first-order valence-corrected chi connectivity index (χ1v) is 23.0. The minimum atomic E-state index is -0.520. The van der Waals surface area contributed by atoms with E-state index < -0.39 is 30.4 Å². The van der Waals surface area contributed by atoms with Crippen LogP contribution >= 0.6 is 11.3 Å². The lowest BCUT2D eigenvalue weighted by Gasteiger charge is -2.32. The molecule has 0 spiro atoms. The molecule has 2 unspecified atom stereocenters. The number of carbonyl (C=O) groups excluding carboxylic acids is 1. The predicted molar refractivity (Wildman–Crippen MR) is 261 cm³/mol. The molecule has 0 radical (unpaired) electrons. The molecule has 336 valence electrons. The summed E-state index contributed by atoms with van der Waals surface area (Å²) in [4.78, 5) is 21.3. The number of hydrogen-bond donors (Lipinski definition) is 2. The van der Waals surface area contributed by atoms with Gasteiger partial charge in [0.15, 0.2) is 0 Å². The van der Waals surface area contributed by atoms with E-state index in [1.165, 1.54) is 10.9 Å². The largest absolute Gasteiger partial charge is 0.494 e. The lowest BCUT2D eigenvalue weighted by Crippen LogP contribution is -2.49. The van der Waals surface area contributed by atoms with Gasteiger partial charge >= 0.3 is 7.12 Å². The number of hydrogen-bond acceptors (Lipinski definition) is 8. The molecular weight excluding hydrogens is 784 g/mol. The SMILES string of the molecule is C=CC.C=N/C=C(\NCCN(CC)C(=O)C(NC)C(C)C)c1cc(F)c2c(c1)OC(c1ccc(CC)s1)n1c-2cc2cc(B3OC(C)(C)C(C)(C)O3)ccc21.CC.CC.CC. The fraction of sp³-hybridized carbons (Fsp3) is 0.510. The number of aryl methyl sites for hydroxylation is 1. The number of aromatic nitrogens is 1.